The van der Waals surface area contributed by atoms with Gasteiger partial charge in [0.15, 0.2) is 5.54 Å². The largest absolute Gasteiger partial charge is 0.361 e. The van der Waals surface area contributed by atoms with Crippen molar-refractivity contribution in [2.24, 2.45) is 0 Å². The highest BCUT2D eigenvalue weighted by Gasteiger charge is 2.54. The average Bonchev–Trinajstić information content (AvgIpc) is 3.19. The second-order valence-corrected chi connectivity index (χ2v) is 15.9. The summed E-state index contributed by atoms with van der Waals surface area (Å²) in [7, 11) is -1.32. The number of amides is 4. The third-order valence-corrected chi connectivity index (χ3v) is 8.02. The van der Waals surface area contributed by atoms with Crippen molar-refractivity contribution in [1.29, 1.82) is 0 Å². The van der Waals surface area contributed by atoms with Gasteiger partial charge in [-0.2, -0.15) is 0 Å². The minimum Gasteiger partial charge on any atom is -0.361 e. The molecule has 0 aromatic heterocycles. The van der Waals surface area contributed by atoms with Gasteiger partial charge < -0.3 is 15.0 Å². The van der Waals surface area contributed by atoms with Gasteiger partial charge >= 0.3 is 6.03 Å². The maximum atomic E-state index is 13.7. The Hall–Kier alpha value is -3.04. The van der Waals surface area contributed by atoms with Gasteiger partial charge in [0, 0.05) is 26.8 Å². The molecule has 7 nitrogen and oxygen atoms in total. The molecule has 2 aromatic rings. The highest BCUT2D eigenvalue weighted by Crippen LogP contribution is 2.34. The molecule has 34 heavy (non-hydrogen) atoms. The number of urea groups is 1. The van der Waals surface area contributed by atoms with E-state index in [1.807, 2.05) is 19.1 Å². The molecule has 1 N–H and O–H groups in total. The number of carbonyl (C=O) groups is 3. The highest BCUT2D eigenvalue weighted by atomic mass is 28.3. The molecule has 180 valence electrons. The van der Waals surface area contributed by atoms with E-state index in [9.17, 15) is 18.8 Å². The van der Waals surface area contributed by atoms with Crippen molar-refractivity contribution in [3.63, 3.8) is 0 Å². The molecular weight excluding hydrogens is 453 g/mol. The lowest BCUT2D eigenvalue weighted by atomic mass is 9.88. The fourth-order valence-electron chi connectivity index (χ4n) is 4.26. The van der Waals surface area contributed by atoms with Crippen LogP contribution < -0.4 is 5.32 Å². The van der Waals surface area contributed by atoms with Gasteiger partial charge in [-0.05, 0) is 36.2 Å². The zero-order chi connectivity index (χ0) is 24.7. The van der Waals surface area contributed by atoms with Crippen molar-refractivity contribution < 1.29 is 23.5 Å². The molecule has 4 rings (SSSR count). The molecule has 2 aliphatic rings. The van der Waals surface area contributed by atoms with Crippen molar-refractivity contribution >= 4 is 25.9 Å². The summed E-state index contributed by atoms with van der Waals surface area (Å²) in [5, 5.41) is 2.84. The van der Waals surface area contributed by atoms with Gasteiger partial charge in [-0.15, -0.1) is 0 Å². The number of hydrogen-bond acceptors (Lipinski definition) is 4. The lowest BCUT2D eigenvalue weighted by molar-refractivity contribution is -0.135. The fraction of sp³-hybridized carbons (Fsp3) is 0.400. The molecule has 2 heterocycles. The van der Waals surface area contributed by atoms with Gasteiger partial charge in [0.1, 0.15) is 12.5 Å². The molecule has 0 radical (unpaired) electrons. The first-order valence-corrected chi connectivity index (χ1v) is 15.1. The van der Waals surface area contributed by atoms with Crippen LogP contribution in [0.3, 0.4) is 0 Å². The zero-order valence-corrected chi connectivity index (χ0v) is 21.0. The lowest BCUT2D eigenvalue weighted by Gasteiger charge is -2.32. The number of halogens is 1. The minimum absolute atomic E-state index is 0.0683. The Morgan fingerprint density at radius 3 is 2.47 bits per heavy atom. The normalized spacial score (nSPS) is 20.2. The van der Waals surface area contributed by atoms with E-state index in [0.717, 1.165) is 16.5 Å². The first-order chi connectivity index (χ1) is 16.0. The number of ether oxygens (including phenoxy) is 1. The van der Waals surface area contributed by atoms with Gasteiger partial charge in [-0.25, -0.2) is 14.1 Å². The summed E-state index contributed by atoms with van der Waals surface area (Å²) in [6.45, 7) is 9.09. The van der Waals surface area contributed by atoms with E-state index in [-0.39, 0.29) is 31.3 Å². The summed E-state index contributed by atoms with van der Waals surface area (Å²) >= 11 is 0. The Labute approximate surface area is 199 Å². The molecule has 0 unspecified atom stereocenters. The van der Waals surface area contributed by atoms with E-state index < -0.39 is 31.4 Å². The van der Waals surface area contributed by atoms with Crippen LogP contribution in [0.1, 0.15) is 27.0 Å². The van der Waals surface area contributed by atoms with E-state index in [0.29, 0.717) is 17.7 Å². The van der Waals surface area contributed by atoms with Crippen LogP contribution >= 0.6 is 0 Å². The Balaban J connectivity index is 1.60. The number of benzene rings is 2. The smallest absolute Gasteiger partial charge is 0.327 e. The van der Waals surface area contributed by atoms with Crippen LogP contribution in [0.25, 0.3) is 0 Å². The number of carbonyl (C=O) groups excluding carboxylic acids is 3. The van der Waals surface area contributed by atoms with Gasteiger partial charge in [0.2, 0.25) is 0 Å². The van der Waals surface area contributed by atoms with Gasteiger partial charge in [0.05, 0.1) is 6.54 Å². The van der Waals surface area contributed by atoms with Gasteiger partial charge in [0.25, 0.3) is 11.8 Å². The molecular formula is C25H30FN3O4Si. The van der Waals surface area contributed by atoms with Gasteiger partial charge in [-0.1, -0.05) is 55.5 Å². The average molecular weight is 484 g/mol. The Morgan fingerprint density at radius 1 is 1.09 bits per heavy atom. The Morgan fingerprint density at radius 2 is 1.79 bits per heavy atom. The van der Waals surface area contributed by atoms with E-state index in [1.165, 1.54) is 17.0 Å². The molecule has 2 aromatic carbocycles. The van der Waals surface area contributed by atoms with Crippen LogP contribution in [-0.2, 0) is 21.6 Å². The molecule has 9 heteroatoms. The van der Waals surface area contributed by atoms with Crippen LogP contribution in [0.15, 0.2) is 42.5 Å². The van der Waals surface area contributed by atoms with Crippen molar-refractivity contribution in [2.75, 3.05) is 19.9 Å². The molecule has 0 spiro atoms. The van der Waals surface area contributed by atoms with Crippen LogP contribution in [0, 0.1) is 12.7 Å². The van der Waals surface area contributed by atoms with Crippen molar-refractivity contribution in [3.8, 4) is 0 Å². The van der Waals surface area contributed by atoms with Crippen LogP contribution in [0.5, 0.6) is 0 Å². The number of aryl methyl sites for hydroxylation is 1. The third-order valence-electron chi connectivity index (χ3n) is 6.32. The summed E-state index contributed by atoms with van der Waals surface area (Å²) in [4.78, 5) is 42.2. The molecule has 0 saturated carbocycles. The minimum atomic E-state index is -1.46. The first-order valence-electron chi connectivity index (χ1n) is 11.4. The lowest BCUT2D eigenvalue weighted by Crippen LogP contribution is -2.53. The predicted molar refractivity (Wildman–Crippen MR) is 128 cm³/mol. The summed E-state index contributed by atoms with van der Waals surface area (Å²) in [6.07, 6.45) is 0. The number of imide groups is 1. The maximum Gasteiger partial charge on any atom is 0.327 e. The predicted octanol–water partition coefficient (Wildman–Crippen LogP) is 3.85. The Bertz CT molecular complexity index is 1130. The first kappa shape index (κ1) is 24.1. The molecule has 1 fully saturated rings. The van der Waals surface area contributed by atoms with Crippen molar-refractivity contribution in [2.45, 2.75) is 44.7 Å². The van der Waals surface area contributed by atoms with Crippen LogP contribution in [0.4, 0.5) is 9.18 Å². The fourth-order valence-corrected chi connectivity index (χ4v) is 5.01. The van der Waals surface area contributed by atoms with E-state index in [1.54, 1.807) is 18.2 Å². The SMILES string of the molecule is Cc1ccc([C@]2(CN3Cc4ccc(F)cc4C3=O)NC(=O)N(COCC[Si](C)(C)C)C2=O)cc1. The van der Waals surface area contributed by atoms with E-state index in [4.69, 9.17) is 4.74 Å². The maximum absolute atomic E-state index is 13.7. The van der Waals surface area contributed by atoms with E-state index in [2.05, 4.69) is 25.0 Å². The monoisotopic (exact) mass is 483 g/mol. The molecule has 4 amide bonds. The molecule has 0 bridgehead atoms. The summed E-state index contributed by atoms with van der Waals surface area (Å²) in [5.74, 6) is -1.33. The number of rotatable bonds is 8. The number of fused-ring (bicyclic) bond motifs is 1. The highest BCUT2D eigenvalue weighted by molar-refractivity contribution is 6.76. The number of hydrogen-bond donors (Lipinski definition) is 1. The van der Waals surface area contributed by atoms with Crippen molar-refractivity contribution in [3.05, 3.63) is 70.5 Å². The second-order valence-electron chi connectivity index (χ2n) is 10.2. The zero-order valence-electron chi connectivity index (χ0n) is 20.0. The number of nitrogens with one attached hydrogen (secondary N) is 1. The van der Waals surface area contributed by atoms with Crippen LogP contribution in [0.2, 0.25) is 25.7 Å². The molecule has 2 aliphatic heterocycles. The summed E-state index contributed by atoms with van der Waals surface area (Å²) in [5.41, 5.74) is 1.10. The molecule has 1 atom stereocenters. The summed E-state index contributed by atoms with van der Waals surface area (Å²) in [6, 6.07) is 11.8. The van der Waals surface area contributed by atoms with E-state index >= 15 is 0 Å². The standard InChI is InChI=1S/C25H30FN3O4Si/c1-17-5-8-19(9-6-17)25(15-28-14-18-7-10-20(26)13-21(18)22(28)30)23(31)29(24(32)27-25)16-33-11-12-34(2,3)4/h5-10,13H,11-12,14-16H2,1-4H3,(H,27,32)/t25-/m0/s1. The van der Waals surface area contributed by atoms with Crippen LogP contribution in [-0.4, -0.2) is 55.6 Å². The Kier molecular flexibility index (Phi) is 6.35. The second kappa shape index (κ2) is 8.96. The third kappa shape index (κ3) is 4.62. The summed E-state index contributed by atoms with van der Waals surface area (Å²) < 4.78 is 19.4. The number of nitrogens with zero attached hydrogens (tertiary/aromatic N) is 2. The molecule has 1 saturated heterocycles. The van der Waals surface area contributed by atoms with Crippen molar-refractivity contribution in [1.82, 2.24) is 15.1 Å². The molecule has 0 aliphatic carbocycles. The van der Waals surface area contributed by atoms with Gasteiger partial charge in [-0.3, -0.25) is 9.59 Å². The quantitative estimate of drug-likeness (QED) is 0.351. The topological polar surface area (TPSA) is 79.0 Å².